The number of unbranched alkanes of at least 4 members (excludes halogenated alkanes) is 3. The maximum atomic E-state index is 12.3. The largest absolute Gasteiger partial charge is 0.496 e. The first-order valence-electron chi connectivity index (χ1n) is 9.22. The van der Waals surface area contributed by atoms with Gasteiger partial charge in [-0.15, -0.1) is 0 Å². The number of amides is 2. The number of para-hydroxylation sites is 1. The Kier molecular flexibility index (Phi) is 8.81. The van der Waals surface area contributed by atoms with Crippen LogP contribution in [0.4, 0.5) is 0 Å². The fourth-order valence-electron chi connectivity index (χ4n) is 2.56. The van der Waals surface area contributed by atoms with Crippen molar-refractivity contribution in [1.29, 1.82) is 0 Å². The zero-order valence-corrected chi connectivity index (χ0v) is 17.7. The van der Waals surface area contributed by atoms with Crippen molar-refractivity contribution in [2.45, 2.75) is 32.6 Å². The lowest BCUT2D eigenvalue weighted by Crippen LogP contribution is -2.41. The van der Waals surface area contributed by atoms with E-state index in [1.165, 1.54) is 20.0 Å². The summed E-state index contributed by atoms with van der Waals surface area (Å²) < 4.78 is 11.6. The number of hydrogen-bond donors (Lipinski definition) is 2. The number of hydrazine groups is 1. The number of rotatable bonds is 9. The van der Waals surface area contributed by atoms with Crippen LogP contribution in [-0.4, -0.2) is 25.5 Å². The molecule has 150 valence electrons. The Balaban J connectivity index is 1.90. The van der Waals surface area contributed by atoms with E-state index in [0.29, 0.717) is 33.7 Å². The van der Waals surface area contributed by atoms with Crippen LogP contribution in [0.15, 0.2) is 46.9 Å². The molecule has 0 aliphatic heterocycles. The Morgan fingerprint density at radius 1 is 0.964 bits per heavy atom. The Labute approximate surface area is 173 Å². The van der Waals surface area contributed by atoms with Crippen LogP contribution < -0.4 is 20.3 Å². The lowest BCUT2D eigenvalue weighted by Gasteiger charge is -2.12. The van der Waals surface area contributed by atoms with Crippen molar-refractivity contribution >= 4 is 27.7 Å². The minimum absolute atomic E-state index is 0.332. The Morgan fingerprint density at radius 3 is 2.43 bits per heavy atom. The van der Waals surface area contributed by atoms with E-state index in [2.05, 4.69) is 33.7 Å². The number of carbonyl (C=O) groups excluding carboxylic acids is 2. The Hall–Kier alpha value is -2.54. The summed E-state index contributed by atoms with van der Waals surface area (Å²) in [4.78, 5) is 24.6. The molecule has 0 bridgehead atoms. The van der Waals surface area contributed by atoms with Crippen molar-refractivity contribution in [1.82, 2.24) is 10.9 Å². The predicted molar refractivity (Wildman–Crippen MR) is 112 cm³/mol. The van der Waals surface area contributed by atoms with E-state index < -0.39 is 11.8 Å². The van der Waals surface area contributed by atoms with Crippen molar-refractivity contribution in [2.24, 2.45) is 0 Å². The summed E-state index contributed by atoms with van der Waals surface area (Å²) >= 11 is 3.43. The molecule has 0 saturated carbocycles. The molecule has 2 aromatic rings. The van der Waals surface area contributed by atoms with Crippen molar-refractivity contribution in [3.8, 4) is 11.5 Å². The van der Waals surface area contributed by atoms with Gasteiger partial charge in [-0.2, -0.15) is 0 Å². The van der Waals surface area contributed by atoms with E-state index in [-0.39, 0.29) is 0 Å². The highest BCUT2D eigenvalue weighted by molar-refractivity contribution is 9.10. The van der Waals surface area contributed by atoms with E-state index in [9.17, 15) is 9.59 Å². The molecule has 0 aliphatic rings. The van der Waals surface area contributed by atoms with Gasteiger partial charge in [-0.05, 0) is 52.7 Å². The summed E-state index contributed by atoms with van der Waals surface area (Å²) in [5.41, 5.74) is 5.53. The van der Waals surface area contributed by atoms with Gasteiger partial charge in [-0.1, -0.05) is 38.3 Å². The Bertz CT molecular complexity index is 811. The van der Waals surface area contributed by atoms with Crippen molar-refractivity contribution in [2.75, 3.05) is 13.7 Å². The summed E-state index contributed by atoms with van der Waals surface area (Å²) in [7, 11) is 1.48. The van der Waals surface area contributed by atoms with E-state index in [0.717, 1.165) is 12.8 Å². The number of methoxy groups -OCH3 is 1. The molecule has 28 heavy (non-hydrogen) atoms. The molecule has 0 radical (unpaired) electrons. The van der Waals surface area contributed by atoms with Crippen LogP contribution in [0.3, 0.4) is 0 Å². The first-order chi connectivity index (χ1) is 13.6. The van der Waals surface area contributed by atoms with E-state index in [1.54, 1.807) is 42.5 Å². The summed E-state index contributed by atoms with van der Waals surface area (Å²) in [6, 6.07) is 11.8. The summed E-state index contributed by atoms with van der Waals surface area (Å²) in [6.07, 6.45) is 4.52. The van der Waals surface area contributed by atoms with Crippen LogP contribution in [0.1, 0.15) is 53.3 Å². The maximum absolute atomic E-state index is 12.3. The van der Waals surface area contributed by atoms with Gasteiger partial charge in [0.1, 0.15) is 11.5 Å². The molecule has 0 aromatic heterocycles. The normalized spacial score (nSPS) is 10.2. The molecule has 0 unspecified atom stereocenters. The molecule has 6 nitrogen and oxygen atoms in total. The molecule has 2 amide bonds. The molecule has 2 N–H and O–H groups in total. The van der Waals surface area contributed by atoms with Crippen molar-refractivity contribution < 1.29 is 19.1 Å². The van der Waals surface area contributed by atoms with E-state index >= 15 is 0 Å². The highest BCUT2D eigenvalue weighted by atomic mass is 79.9. The first kappa shape index (κ1) is 21.8. The van der Waals surface area contributed by atoms with Gasteiger partial charge in [0.2, 0.25) is 0 Å². The molecule has 0 spiro atoms. The molecule has 0 saturated heterocycles. The fourth-order valence-corrected chi connectivity index (χ4v) is 3.05. The number of ether oxygens (including phenoxy) is 2. The second-order valence-corrected chi connectivity index (χ2v) is 7.02. The zero-order chi connectivity index (χ0) is 20.4. The standard InChI is InChI=1S/C21H25BrN2O4/c1-3-4-5-8-13-28-19-12-11-15(14-17(19)22)20(25)23-24-21(26)16-9-6-7-10-18(16)27-2/h6-7,9-12,14H,3-5,8,13H2,1-2H3,(H,23,25)(H,24,26). The second kappa shape index (κ2) is 11.3. The lowest BCUT2D eigenvalue weighted by atomic mass is 10.2. The van der Waals surface area contributed by atoms with Crippen LogP contribution in [0, 0.1) is 0 Å². The van der Waals surface area contributed by atoms with Crippen LogP contribution in [-0.2, 0) is 0 Å². The zero-order valence-electron chi connectivity index (χ0n) is 16.1. The smallest absolute Gasteiger partial charge is 0.273 e. The summed E-state index contributed by atoms with van der Waals surface area (Å²) in [5.74, 6) is 0.221. The van der Waals surface area contributed by atoms with Gasteiger partial charge in [-0.3, -0.25) is 20.4 Å². The number of halogens is 1. The van der Waals surface area contributed by atoms with Crippen LogP contribution in [0.5, 0.6) is 11.5 Å². The number of hydrogen-bond acceptors (Lipinski definition) is 4. The number of benzene rings is 2. The lowest BCUT2D eigenvalue weighted by molar-refractivity contribution is 0.0845. The van der Waals surface area contributed by atoms with Crippen molar-refractivity contribution in [3.05, 3.63) is 58.1 Å². The number of nitrogens with one attached hydrogen (secondary N) is 2. The molecule has 0 atom stereocenters. The minimum Gasteiger partial charge on any atom is -0.496 e. The molecule has 0 aliphatic carbocycles. The molecule has 0 fully saturated rings. The molecular formula is C21H25BrN2O4. The van der Waals surface area contributed by atoms with Gasteiger partial charge in [0.05, 0.1) is 23.8 Å². The third kappa shape index (κ3) is 6.27. The van der Waals surface area contributed by atoms with E-state index in [4.69, 9.17) is 9.47 Å². The van der Waals surface area contributed by atoms with Gasteiger partial charge in [0.25, 0.3) is 11.8 Å². The third-order valence-electron chi connectivity index (χ3n) is 4.09. The highest BCUT2D eigenvalue weighted by Crippen LogP contribution is 2.26. The monoisotopic (exact) mass is 448 g/mol. The van der Waals surface area contributed by atoms with Gasteiger partial charge < -0.3 is 9.47 Å². The molecular weight excluding hydrogens is 424 g/mol. The minimum atomic E-state index is -0.461. The average molecular weight is 449 g/mol. The van der Waals surface area contributed by atoms with Gasteiger partial charge in [0.15, 0.2) is 0 Å². The van der Waals surface area contributed by atoms with Gasteiger partial charge >= 0.3 is 0 Å². The number of carbonyl (C=O) groups is 2. The van der Waals surface area contributed by atoms with Crippen molar-refractivity contribution in [3.63, 3.8) is 0 Å². The highest BCUT2D eigenvalue weighted by Gasteiger charge is 2.14. The predicted octanol–water partition coefficient (Wildman–Crippen LogP) is 4.49. The Morgan fingerprint density at radius 2 is 1.71 bits per heavy atom. The summed E-state index contributed by atoms with van der Waals surface area (Å²) in [6.45, 7) is 2.80. The quantitative estimate of drug-likeness (QED) is 0.437. The van der Waals surface area contributed by atoms with Gasteiger partial charge in [-0.25, -0.2) is 0 Å². The van der Waals surface area contributed by atoms with Crippen LogP contribution >= 0.6 is 15.9 Å². The second-order valence-electron chi connectivity index (χ2n) is 6.16. The molecule has 2 rings (SSSR count). The molecule has 7 heteroatoms. The summed E-state index contributed by atoms with van der Waals surface area (Å²) in [5, 5.41) is 0. The van der Waals surface area contributed by atoms with Gasteiger partial charge in [0, 0.05) is 5.56 Å². The molecule has 0 heterocycles. The van der Waals surface area contributed by atoms with Crippen LogP contribution in [0.25, 0.3) is 0 Å². The van der Waals surface area contributed by atoms with Crippen LogP contribution in [0.2, 0.25) is 0 Å². The third-order valence-corrected chi connectivity index (χ3v) is 4.71. The topological polar surface area (TPSA) is 76.7 Å². The maximum Gasteiger partial charge on any atom is 0.273 e. The first-order valence-corrected chi connectivity index (χ1v) is 10.0. The van der Waals surface area contributed by atoms with E-state index in [1.807, 2.05) is 0 Å². The molecule has 2 aromatic carbocycles. The average Bonchev–Trinajstić information content (AvgIpc) is 2.72. The SMILES string of the molecule is CCCCCCOc1ccc(C(=O)NNC(=O)c2ccccc2OC)cc1Br. The fraction of sp³-hybridized carbons (Fsp3) is 0.333.